The Morgan fingerprint density at radius 1 is 1.50 bits per heavy atom. The molecule has 0 bridgehead atoms. The third-order valence-corrected chi connectivity index (χ3v) is 3.61. The molecule has 2 rings (SSSR count). The van der Waals surface area contributed by atoms with Crippen LogP contribution in [-0.2, 0) is 4.74 Å². The molecule has 0 aliphatic carbocycles. The number of hydrogen-bond donors (Lipinski definition) is 1. The summed E-state index contributed by atoms with van der Waals surface area (Å²) in [5.41, 5.74) is 0.184. The summed E-state index contributed by atoms with van der Waals surface area (Å²) in [7, 11) is 0. The number of esters is 1. The van der Waals surface area contributed by atoms with Crippen molar-refractivity contribution in [3.05, 3.63) is 43.6 Å². The molecule has 18 heavy (non-hydrogen) atoms. The van der Waals surface area contributed by atoms with Gasteiger partial charge in [-0.2, -0.15) is 0 Å². The smallest absolute Gasteiger partial charge is 0.343 e. The summed E-state index contributed by atoms with van der Waals surface area (Å²) in [5.74, 6) is -0.639. The Morgan fingerprint density at radius 2 is 2.22 bits per heavy atom. The van der Waals surface area contributed by atoms with Gasteiger partial charge >= 0.3 is 5.97 Å². The van der Waals surface area contributed by atoms with E-state index in [1.165, 1.54) is 12.3 Å². The molecule has 1 heterocycles. The summed E-state index contributed by atoms with van der Waals surface area (Å²) in [4.78, 5) is 26.6. The Balaban J connectivity index is 2.68. The molecule has 0 unspecified atom stereocenters. The molecule has 0 atom stereocenters. The van der Waals surface area contributed by atoms with Crippen molar-refractivity contribution >= 4 is 44.4 Å². The molecule has 2 aromatic rings. The van der Waals surface area contributed by atoms with Gasteiger partial charge in [-0.25, -0.2) is 4.79 Å². The molecule has 1 aromatic heterocycles. The second-order valence-electron chi connectivity index (χ2n) is 3.56. The molecular formula is C12H9BrClNO3. The summed E-state index contributed by atoms with van der Waals surface area (Å²) >= 11 is 9.20. The topological polar surface area (TPSA) is 59.2 Å². The highest BCUT2D eigenvalue weighted by molar-refractivity contribution is 9.10. The Labute approximate surface area is 116 Å². The maximum atomic E-state index is 12.1. The molecule has 6 heteroatoms. The summed E-state index contributed by atoms with van der Waals surface area (Å²) < 4.78 is 5.49. The maximum absolute atomic E-state index is 12.1. The largest absolute Gasteiger partial charge is 0.462 e. The Hall–Kier alpha value is -1.33. The van der Waals surface area contributed by atoms with E-state index in [1.807, 2.05) is 0 Å². The third-order valence-electron chi connectivity index (χ3n) is 2.42. The second kappa shape index (κ2) is 5.12. The van der Waals surface area contributed by atoms with Gasteiger partial charge in [0, 0.05) is 16.1 Å². The highest BCUT2D eigenvalue weighted by Crippen LogP contribution is 2.25. The molecule has 0 radical (unpaired) electrons. The van der Waals surface area contributed by atoms with Crippen LogP contribution in [0.25, 0.3) is 10.9 Å². The van der Waals surface area contributed by atoms with Gasteiger partial charge in [-0.05, 0) is 35.0 Å². The van der Waals surface area contributed by atoms with Crippen LogP contribution in [0, 0.1) is 0 Å². The van der Waals surface area contributed by atoms with E-state index in [0.29, 0.717) is 20.4 Å². The first-order valence-electron chi connectivity index (χ1n) is 5.22. The Bertz CT molecular complexity index is 681. The summed E-state index contributed by atoms with van der Waals surface area (Å²) in [6.07, 6.45) is 1.35. The lowest BCUT2D eigenvalue weighted by atomic mass is 10.1. The fourth-order valence-electron chi connectivity index (χ4n) is 1.58. The number of nitrogens with one attached hydrogen (secondary N) is 1. The quantitative estimate of drug-likeness (QED) is 0.861. The molecule has 0 saturated carbocycles. The predicted octanol–water partition coefficient (Wildman–Crippen LogP) is 3.12. The Morgan fingerprint density at radius 3 is 2.89 bits per heavy atom. The van der Waals surface area contributed by atoms with E-state index in [9.17, 15) is 9.59 Å². The number of aromatic amines is 1. The average molecular weight is 331 g/mol. The van der Waals surface area contributed by atoms with Crippen LogP contribution in [-0.4, -0.2) is 17.6 Å². The van der Waals surface area contributed by atoms with E-state index in [0.717, 1.165) is 0 Å². The molecule has 0 spiro atoms. The van der Waals surface area contributed by atoms with E-state index in [-0.39, 0.29) is 12.2 Å². The molecule has 4 nitrogen and oxygen atoms in total. The van der Waals surface area contributed by atoms with Crippen LogP contribution in [0.3, 0.4) is 0 Å². The molecule has 94 valence electrons. The van der Waals surface area contributed by atoms with Gasteiger partial charge in [-0.15, -0.1) is 0 Å². The number of halogens is 2. The zero-order valence-corrected chi connectivity index (χ0v) is 11.8. The highest BCUT2D eigenvalue weighted by Gasteiger charge is 2.14. The van der Waals surface area contributed by atoms with Crippen LogP contribution in [0.4, 0.5) is 0 Å². The van der Waals surface area contributed by atoms with Crippen LogP contribution >= 0.6 is 27.5 Å². The number of ether oxygens (including phenoxy) is 1. The molecule has 1 aromatic carbocycles. The van der Waals surface area contributed by atoms with E-state index < -0.39 is 11.4 Å². The number of rotatable bonds is 2. The van der Waals surface area contributed by atoms with Gasteiger partial charge in [0.05, 0.1) is 17.1 Å². The molecule has 1 N–H and O–H groups in total. The van der Waals surface area contributed by atoms with Crippen LogP contribution in [0.1, 0.15) is 17.3 Å². The standard InChI is InChI=1S/C12H9BrClNO3/c1-2-18-12(17)7-5-15-10-4-8(13)9(14)3-6(10)11(7)16/h3-5H,2H2,1H3,(H,15,16). The van der Waals surface area contributed by atoms with Crippen molar-refractivity contribution in [1.29, 1.82) is 0 Å². The van der Waals surface area contributed by atoms with Crippen molar-refractivity contribution in [2.24, 2.45) is 0 Å². The number of benzene rings is 1. The van der Waals surface area contributed by atoms with E-state index in [1.54, 1.807) is 13.0 Å². The predicted molar refractivity (Wildman–Crippen MR) is 73.2 cm³/mol. The molecule has 0 aliphatic rings. The number of pyridine rings is 1. The van der Waals surface area contributed by atoms with Crippen molar-refractivity contribution in [3.63, 3.8) is 0 Å². The van der Waals surface area contributed by atoms with Crippen molar-refractivity contribution in [3.8, 4) is 0 Å². The van der Waals surface area contributed by atoms with E-state index in [4.69, 9.17) is 16.3 Å². The number of H-pyrrole nitrogens is 1. The van der Waals surface area contributed by atoms with Gasteiger partial charge < -0.3 is 9.72 Å². The van der Waals surface area contributed by atoms with Gasteiger partial charge in [-0.3, -0.25) is 4.79 Å². The van der Waals surface area contributed by atoms with Crippen LogP contribution < -0.4 is 5.43 Å². The van der Waals surface area contributed by atoms with Gasteiger partial charge in [0.15, 0.2) is 0 Å². The monoisotopic (exact) mass is 329 g/mol. The summed E-state index contributed by atoms with van der Waals surface area (Å²) in [5, 5.41) is 0.766. The third kappa shape index (κ3) is 2.28. The fraction of sp³-hybridized carbons (Fsp3) is 0.167. The van der Waals surface area contributed by atoms with Crippen molar-refractivity contribution in [2.45, 2.75) is 6.92 Å². The number of aromatic nitrogens is 1. The zero-order valence-electron chi connectivity index (χ0n) is 9.42. The fourth-order valence-corrected chi connectivity index (χ4v) is 2.08. The number of carbonyl (C=O) groups excluding carboxylic acids is 1. The van der Waals surface area contributed by atoms with Crippen LogP contribution in [0.15, 0.2) is 27.6 Å². The lowest BCUT2D eigenvalue weighted by molar-refractivity contribution is 0.0524. The first-order chi connectivity index (χ1) is 8.54. The molecular weight excluding hydrogens is 321 g/mol. The minimum atomic E-state index is -0.639. The van der Waals surface area contributed by atoms with E-state index in [2.05, 4.69) is 20.9 Å². The van der Waals surface area contributed by atoms with E-state index >= 15 is 0 Å². The molecule has 0 fully saturated rings. The zero-order chi connectivity index (χ0) is 13.3. The number of carbonyl (C=O) groups is 1. The number of fused-ring (bicyclic) bond motifs is 1. The maximum Gasteiger partial charge on any atom is 0.343 e. The van der Waals surface area contributed by atoms with Crippen LogP contribution in [0.5, 0.6) is 0 Å². The van der Waals surface area contributed by atoms with Gasteiger partial charge in [0.2, 0.25) is 5.43 Å². The lowest BCUT2D eigenvalue weighted by Gasteiger charge is -2.04. The SMILES string of the molecule is CCOC(=O)c1c[nH]c2cc(Br)c(Cl)cc2c1=O. The van der Waals surface area contributed by atoms with Crippen molar-refractivity contribution in [2.75, 3.05) is 6.61 Å². The summed E-state index contributed by atoms with van der Waals surface area (Å²) in [6.45, 7) is 1.90. The van der Waals surface area contributed by atoms with Gasteiger partial charge in [0.1, 0.15) is 5.56 Å². The van der Waals surface area contributed by atoms with Crippen LogP contribution in [0.2, 0.25) is 5.02 Å². The minimum Gasteiger partial charge on any atom is -0.462 e. The molecule has 0 aliphatic heterocycles. The second-order valence-corrected chi connectivity index (χ2v) is 4.83. The van der Waals surface area contributed by atoms with Crippen molar-refractivity contribution < 1.29 is 9.53 Å². The van der Waals surface area contributed by atoms with Gasteiger partial charge in [0.25, 0.3) is 0 Å². The lowest BCUT2D eigenvalue weighted by Crippen LogP contribution is -2.18. The average Bonchev–Trinajstić information content (AvgIpc) is 2.32. The highest BCUT2D eigenvalue weighted by atomic mass is 79.9. The molecule has 0 amide bonds. The number of hydrogen-bond acceptors (Lipinski definition) is 3. The minimum absolute atomic E-state index is 0.0252. The van der Waals surface area contributed by atoms with Gasteiger partial charge in [-0.1, -0.05) is 11.6 Å². The first kappa shape index (κ1) is 13.1. The normalized spacial score (nSPS) is 10.6. The summed E-state index contributed by atoms with van der Waals surface area (Å²) in [6, 6.07) is 3.20. The molecule has 0 saturated heterocycles. The first-order valence-corrected chi connectivity index (χ1v) is 6.39. The van der Waals surface area contributed by atoms with Crippen molar-refractivity contribution in [1.82, 2.24) is 4.98 Å². The Kier molecular flexibility index (Phi) is 3.73.